The molecule has 1 aromatic heterocycles. The molecule has 0 aliphatic rings. The van der Waals surface area contributed by atoms with Crippen LogP contribution in [-0.4, -0.2) is 12.1 Å². The molecular formula is C9H12F2N2O. The molecular weight excluding hydrogens is 190 g/mol. The van der Waals surface area contributed by atoms with Crippen LogP contribution in [0.2, 0.25) is 0 Å². The summed E-state index contributed by atoms with van der Waals surface area (Å²) < 4.78 is 29.9. The van der Waals surface area contributed by atoms with Gasteiger partial charge in [0, 0.05) is 23.9 Å². The molecule has 0 fully saturated rings. The predicted octanol–water partition coefficient (Wildman–Crippen LogP) is 1.79. The van der Waals surface area contributed by atoms with Crippen LogP contribution >= 0.6 is 0 Å². The molecule has 0 aliphatic carbocycles. The number of methoxy groups -OCH3 is 1. The molecule has 0 spiro atoms. The zero-order chi connectivity index (χ0) is 10.7. The van der Waals surface area contributed by atoms with Crippen molar-refractivity contribution in [3.05, 3.63) is 22.9 Å². The molecule has 0 bridgehead atoms. The SMILES string of the molecule is COc1ncc(C(F)F)c(CN)c1C. The third-order valence-electron chi connectivity index (χ3n) is 2.08. The number of rotatable bonds is 3. The maximum absolute atomic E-state index is 12.5. The van der Waals surface area contributed by atoms with Crippen LogP contribution in [-0.2, 0) is 6.54 Å². The number of halogens is 2. The first-order chi connectivity index (χ1) is 6.61. The van der Waals surface area contributed by atoms with Gasteiger partial charge >= 0.3 is 0 Å². The summed E-state index contributed by atoms with van der Waals surface area (Å²) in [4.78, 5) is 3.77. The van der Waals surface area contributed by atoms with Crippen LogP contribution in [0.4, 0.5) is 8.78 Å². The average molecular weight is 202 g/mol. The molecule has 3 nitrogen and oxygen atoms in total. The third kappa shape index (κ3) is 1.82. The Hall–Kier alpha value is -1.23. The molecule has 0 amide bonds. The molecule has 5 heteroatoms. The van der Waals surface area contributed by atoms with E-state index in [1.807, 2.05) is 0 Å². The monoisotopic (exact) mass is 202 g/mol. The first-order valence-electron chi connectivity index (χ1n) is 4.12. The first kappa shape index (κ1) is 10.8. The van der Waals surface area contributed by atoms with Crippen LogP contribution < -0.4 is 10.5 Å². The van der Waals surface area contributed by atoms with Crippen molar-refractivity contribution in [2.75, 3.05) is 7.11 Å². The third-order valence-corrected chi connectivity index (χ3v) is 2.08. The van der Waals surface area contributed by atoms with E-state index in [0.717, 1.165) is 6.20 Å². The largest absolute Gasteiger partial charge is 0.481 e. The molecule has 1 heterocycles. The van der Waals surface area contributed by atoms with E-state index in [1.165, 1.54) is 7.11 Å². The highest BCUT2D eigenvalue weighted by molar-refractivity contribution is 5.39. The zero-order valence-corrected chi connectivity index (χ0v) is 8.05. The fourth-order valence-corrected chi connectivity index (χ4v) is 1.31. The lowest BCUT2D eigenvalue weighted by atomic mass is 10.1. The molecule has 2 N–H and O–H groups in total. The maximum Gasteiger partial charge on any atom is 0.265 e. The zero-order valence-electron chi connectivity index (χ0n) is 8.05. The minimum atomic E-state index is -2.55. The second-order valence-electron chi connectivity index (χ2n) is 2.83. The highest BCUT2D eigenvalue weighted by Gasteiger charge is 2.17. The van der Waals surface area contributed by atoms with Gasteiger partial charge in [-0.1, -0.05) is 0 Å². The molecule has 1 aromatic rings. The van der Waals surface area contributed by atoms with Gasteiger partial charge in [-0.2, -0.15) is 0 Å². The minimum absolute atomic E-state index is 0.0599. The maximum atomic E-state index is 12.5. The van der Waals surface area contributed by atoms with E-state index < -0.39 is 6.43 Å². The second-order valence-corrected chi connectivity index (χ2v) is 2.83. The summed E-state index contributed by atoms with van der Waals surface area (Å²) in [5.74, 6) is 0.342. The van der Waals surface area contributed by atoms with E-state index in [-0.39, 0.29) is 12.1 Å². The van der Waals surface area contributed by atoms with Crippen molar-refractivity contribution >= 4 is 0 Å². The fourth-order valence-electron chi connectivity index (χ4n) is 1.31. The topological polar surface area (TPSA) is 48.1 Å². The summed E-state index contributed by atoms with van der Waals surface area (Å²) in [6.45, 7) is 1.73. The van der Waals surface area contributed by atoms with Crippen molar-refractivity contribution in [3.63, 3.8) is 0 Å². The Kier molecular flexibility index (Phi) is 3.35. The lowest BCUT2D eigenvalue weighted by molar-refractivity contribution is 0.149. The molecule has 14 heavy (non-hydrogen) atoms. The van der Waals surface area contributed by atoms with Gasteiger partial charge in [0.2, 0.25) is 5.88 Å². The highest BCUT2D eigenvalue weighted by atomic mass is 19.3. The lowest BCUT2D eigenvalue weighted by Crippen LogP contribution is -2.07. The Morgan fingerprint density at radius 1 is 1.57 bits per heavy atom. The van der Waals surface area contributed by atoms with Gasteiger partial charge in [0.05, 0.1) is 7.11 Å². The number of pyridine rings is 1. The van der Waals surface area contributed by atoms with E-state index >= 15 is 0 Å². The summed E-state index contributed by atoms with van der Waals surface area (Å²) in [6.07, 6.45) is -1.44. The number of nitrogens with zero attached hydrogens (tertiary/aromatic N) is 1. The number of nitrogens with two attached hydrogens (primary N) is 1. The van der Waals surface area contributed by atoms with Crippen molar-refractivity contribution < 1.29 is 13.5 Å². The summed E-state index contributed by atoms with van der Waals surface area (Å²) in [6, 6.07) is 0. The average Bonchev–Trinajstić information content (AvgIpc) is 2.17. The summed E-state index contributed by atoms with van der Waals surface area (Å²) in [7, 11) is 1.44. The Labute approximate surface area is 80.9 Å². The van der Waals surface area contributed by atoms with Crippen LogP contribution in [0.3, 0.4) is 0 Å². The van der Waals surface area contributed by atoms with Crippen LogP contribution in [0.5, 0.6) is 5.88 Å². The van der Waals surface area contributed by atoms with Gasteiger partial charge in [-0.25, -0.2) is 13.8 Å². The van der Waals surface area contributed by atoms with Gasteiger partial charge in [0.15, 0.2) is 0 Å². The number of ether oxygens (including phenoxy) is 1. The van der Waals surface area contributed by atoms with E-state index in [1.54, 1.807) is 6.92 Å². The smallest absolute Gasteiger partial charge is 0.265 e. The Morgan fingerprint density at radius 3 is 2.64 bits per heavy atom. The van der Waals surface area contributed by atoms with Crippen molar-refractivity contribution in [2.24, 2.45) is 5.73 Å². The number of hydrogen-bond donors (Lipinski definition) is 1. The molecule has 0 saturated carbocycles. The van der Waals surface area contributed by atoms with Gasteiger partial charge in [-0.3, -0.25) is 0 Å². The standard InChI is InChI=1S/C9H12F2N2O/c1-5-6(3-12)7(8(10)11)4-13-9(5)14-2/h4,8H,3,12H2,1-2H3. The lowest BCUT2D eigenvalue weighted by Gasteiger charge is -2.12. The van der Waals surface area contributed by atoms with E-state index in [0.29, 0.717) is 17.0 Å². The molecule has 0 saturated heterocycles. The summed E-state index contributed by atoms with van der Waals surface area (Å²) in [5.41, 5.74) is 6.26. The van der Waals surface area contributed by atoms with Crippen molar-refractivity contribution in [1.82, 2.24) is 4.98 Å². The molecule has 0 atom stereocenters. The molecule has 1 rings (SSSR count). The second kappa shape index (κ2) is 4.32. The van der Waals surface area contributed by atoms with Gasteiger partial charge in [0.1, 0.15) is 0 Å². The summed E-state index contributed by atoms with van der Waals surface area (Å²) in [5, 5.41) is 0. The summed E-state index contributed by atoms with van der Waals surface area (Å²) >= 11 is 0. The van der Waals surface area contributed by atoms with Crippen LogP contribution in [0.15, 0.2) is 6.20 Å². The number of hydrogen-bond acceptors (Lipinski definition) is 3. The Balaban J connectivity index is 3.28. The Bertz CT molecular complexity index is 329. The molecule has 0 unspecified atom stereocenters. The van der Waals surface area contributed by atoms with Crippen molar-refractivity contribution in [2.45, 2.75) is 19.9 Å². The van der Waals surface area contributed by atoms with Crippen molar-refractivity contribution in [3.8, 4) is 5.88 Å². The predicted molar refractivity (Wildman–Crippen MR) is 48.4 cm³/mol. The van der Waals surface area contributed by atoms with Crippen LogP contribution in [0.1, 0.15) is 23.1 Å². The number of alkyl halides is 2. The van der Waals surface area contributed by atoms with E-state index in [2.05, 4.69) is 4.98 Å². The van der Waals surface area contributed by atoms with Crippen LogP contribution in [0.25, 0.3) is 0 Å². The van der Waals surface area contributed by atoms with Crippen molar-refractivity contribution in [1.29, 1.82) is 0 Å². The minimum Gasteiger partial charge on any atom is -0.481 e. The van der Waals surface area contributed by atoms with Gasteiger partial charge in [0.25, 0.3) is 6.43 Å². The van der Waals surface area contributed by atoms with Gasteiger partial charge in [-0.05, 0) is 12.5 Å². The highest BCUT2D eigenvalue weighted by Crippen LogP contribution is 2.28. The quantitative estimate of drug-likeness (QED) is 0.812. The normalized spacial score (nSPS) is 10.7. The van der Waals surface area contributed by atoms with E-state index in [4.69, 9.17) is 10.5 Å². The van der Waals surface area contributed by atoms with E-state index in [9.17, 15) is 8.78 Å². The molecule has 78 valence electrons. The Morgan fingerprint density at radius 2 is 2.21 bits per heavy atom. The van der Waals surface area contributed by atoms with Gasteiger partial charge < -0.3 is 10.5 Å². The molecule has 0 aromatic carbocycles. The number of aromatic nitrogens is 1. The van der Waals surface area contributed by atoms with Gasteiger partial charge in [-0.15, -0.1) is 0 Å². The molecule has 0 aliphatic heterocycles. The van der Waals surface area contributed by atoms with Crippen LogP contribution in [0, 0.1) is 6.92 Å². The fraction of sp³-hybridized carbons (Fsp3) is 0.444. The molecule has 0 radical (unpaired) electrons. The first-order valence-corrected chi connectivity index (χ1v) is 4.12.